The fraction of sp³-hybridized carbons (Fsp3) is 0.119. The molecule has 8 aromatic rings. The molecule has 0 fully saturated rings. The lowest BCUT2D eigenvalue weighted by molar-refractivity contribution is -0.144. The van der Waals surface area contributed by atoms with Crippen molar-refractivity contribution in [3.8, 4) is 27.9 Å². The van der Waals surface area contributed by atoms with Gasteiger partial charge < -0.3 is 9.52 Å². The molecule has 1 N–H and O–H groups in total. The van der Waals surface area contributed by atoms with Crippen molar-refractivity contribution in [3.63, 3.8) is 0 Å². The average molecular weight is 846 g/mol. The number of carboxylic acid groups (broad SMARTS) is 1. The van der Waals surface area contributed by atoms with E-state index in [-0.39, 0.29) is 61.5 Å². The highest BCUT2D eigenvalue weighted by Gasteiger charge is 2.39. The molecule has 8 rings (SSSR count). The Labute approximate surface area is 325 Å². The van der Waals surface area contributed by atoms with Crippen molar-refractivity contribution in [2.24, 2.45) is 0 Å². The molecule has 0 radical (unpaired) electrons. The maximum Gasteiger partial charge on any atom is 0.416 e. The first-order chi connectivity index (χ1) is 27.9. The van der Waals surface area contributed by atoms with Gasteiger partial charge in [0.2, 0.25) is 0 Å². The van der Waals surface area contributed by atoms with Crippen molar-refractivity contribution in [1.29, 1.82) is 0 Å². The van der Waals surface area contributed by atoms with E-state index in [0.29, 0.717) is 28.8 Å². The number of rotatable bonds is 5. The van der Waals surface area contributed by atoms with E-state index >= 15 is 0 Å². The lowest BCUT2D eigenvalue weighted by atomic mass is 9.90. The number of halogens is 12. The Hall–Kier alpha value is -6.85. The van der Waals surface area contributed by atoms with Crippen LogP contribution in [-0.2, 0) is 35.9 Å². The Balaban J connectivity index is 1.50. The van der Waals surface area contributed by atoms with Crippen LogP contribution in [0.15, 0.2) is 111 Å². The summed E-state index contributed by atoms with van der Waals surface area (Å²) in [5.41, 5.74) is -11.0. The van der Waals surface area contributed by atoms with Gasteiger partial charge >= 0.3 is 30.7 Å². The summed E-state index contributed by atoms with van der Waals surface area (Å²) >= 11 is 0. The predicted molar refractivity (Wildman–Crippen MR) is 194 cm³/mol. The summed E-state index contributed by atoms with van der Waals surface area (Å²) < 4.78 is 174. The summed E-state index contributed by atoms with van der Waals surface area (Å²) in [6.07, 6.45) is -21.4. The summed E-state index contributed by atoms with van der Waals surface area (Å²) in [7, 11) is 0. The highest BCUT2D eigenvalue weighted by Crippen LogP contribution is 2.46. The second kappa shape index (κ2) is 13.3. The molecule has 60 heavy (non-hydrogen) atoms. The van der Waals surface area contributed by atoms with Crippen molar-refractivity contribution < 1.29 is 67.0 Å². The number of aliphatic carboxylic acids is 1. The maximum atomic E-state index is 14.4. The average Bonchev–Trinajstić information content (AvgIpc) is 3.16. The Morgan fingerprint density at radius 3 is 1.53 bits per heavy atom. The van der Waals surface area contributed by atoms with E-state index in [9.17, 15) is 67.1 Å². The molecule has 0 spiro atoms. The van der Waals surface area contributed by atoms with Crippen molar-refractivity contribution in [1.82, 2.24) is 4.57 Å². The highest BCUT2D eigenvalue weighted by atomic mass is 19.4. The minimum Gasteiger partial charge on any atom is -0.481 e. The summed E-state index contributed by atoms with van der Waals surface area (Å²) in [6, 6.07) is 13.6. The first kappa shape index (κ1) is 40.0. The van der Waals surface area contributed by atoms with E-state index in [4.69, 9.17) is 9.52 Å². The zero-order valence-electron chi connectivity index (χ0n) is 29.5. The molecule has 0 saturated heterocycles. The van der Waals surface area contributed by atoms with Gasteiger partial charge in [0.25, 0.3) is 11.1 Å². The molecule has 0 aliphatic rings. The molecule has 6 nitrogen and oxygen atoms in total. The number of carboxylic acids is 1. The third-order valence-electron chi connectivity index (χ3n) is 9.95. The third-order valence-corrected chi connectivity index (χ3v) is 9.95. The third kappa shape index (κ3) is 6.84. The summed E-state index contributed by atoms with van der Waals surface area (Å²) in [4.78, 5) is 39.7. The molecule has 18 heteroatoms. The van der Waals surface area contributed by atoms with Gasteiger partial charge in [-0.1, -0.05) is 24.3 Å². The van der Waals surface area contributed by atoms with Crippen LogP contribution in [0.2, 0.25) is 0 Å². The molecule has 2 aromatic heterocycles. The SMILES string of the molecule is O=C(O)Cc1ccc(-n2c(=O)c3ccc4c5cc(-c6cc(C(F)(F)F)cc(C(F)(F)F)c6)ccc5oc5c(-c6cc(C(F)(F)F)cc(C(F)(F)F)c6)cc(c2=O)c3c54)cc1. The molecule has 0 aliphatic carbocycles. The standard InChI is InChI=1S/C42H19F12NO5/c43-39(44,45)22-10-20(11-23(15-22)40(46,47)48)19-3-8-32-30(14-19)27-6-7-28-34-31(38(59)55(37(28)58)26-4-1-18(2-5-26)9-33(56)57)17-29(36(60-32)35(27)34)21-12-24(41(49,50)51)16-25(13-21)42(52,53)54/h1-8,10-17H,9H2,(H,56,57). The molecule has 0 unspecified atom stereocenters. The molecule has 0 amide bonds. The van der Waals surface area contributed by atoms with Gasteiger partial charge in [0.1, 0.15) is 11.2 Å². The van der Waals surface area contributed by atoms with E-state index < -0.39 is 98.1 Å². The lowest BCUT2D eigenvalue weighted by Gasteiger charge is -2.19. The number of alkyl halides is 12. The number of nitrogens with zero attached hydrogens (tertiary/aromatic N) is 1. The Bertz CT molecular complexity index is 3130. The Morgan fingerprint density at radius 1 is 0.517 bits per heavy atom. The van der Waals surface area contributed by atoms with E-state index in [2.05, 4.69) is 0 Å². The van der Waals surface area contributed by atoms with Crippen LogP contribution in [0.4, 0.5) is 52.7 Å². The molecule has 6 aromatic carbocycles. The number of benzene rings is 6. The minimum absolute atomic E-state index is 0.00747. The molecule has 306 valence electrons. The summed E-state index contributed by atoms with van der Waals surface area (Å²) in [6.45, 7) is 0. The van der Waals surface area contributed by atoms with E-state index in [1.54, 1.807) is 0 Å². The van der Waals surface area contributed by atoms with E-state index in [1.807, 2.05) is 0 Å². The van der Waals surface area contributed by atoms with Crippen LogP contribution in [0.25, 0.3) is 71.4 Å². The van der Waals surface area contributed by atoms with Crippen LogP contribution in [0.5, 0.6) is 0 Å². The van der Waals surface area contributed by atoms with Gasteiger partial charge in [-0.25, -0.2) is 4.57 Å². The Kier molecular flexibility index (Phi) is 8.88. The molecule has 0 atom stereocenters. The molecule has 0 aliphatic heterocycles. The Morgan fingerprint density at radius 2 is 1.02 bits per heavy atom. The van der Waals surface area contributed by atoms with Crippen LogP contribution in [0.3, 0.4) is 0 Å². The van der Waals surface area contributed by atoms with Crippen molar-refractivity contribution in [2.45, 2.75) is 31.1 Å². The van der Waals surface area contributed by atoms with Gasteiger partial charge in [-0.2, -0.15) is 52.7 Å². The molecule has 0 bridgehead atoms. The van der Waals surface area contributed by atoms with Gasteiger partial charge in [0.05, 0.1) is 34.4 Å². The van der Waals surface area contributed by atoms with Crippen LogP contribution in [0.1, 0.15) is 27.8 Å². The fourth-order valence-corrected chi connectivity index (χ4v) is 7.28. The number of hydrogen-bond acceptors (Lipinski definition) is 4. The lowest BCUT2D eigenvalue weighted by Crippen LogP contribution is -2.32. The zero-order valence-corrected chi connectivity index (χ0v) is 29.5. The molecular formula is C42H19F12NO5. The predicted octanol–water partition coefficient (Wildman–Crippen LogP) is 11.9. The van der Waals surface area contributed by atoms with Crippen molar-refractivity contribution in [3.05, 3.63) is 146 Å². The first-order valence-corrected chi connectivity index (χ1v) is 17.2. The number of carbonyl (C=O) groups is 1. The fourth-order valence-electron chi connectivity index (χ4n) is 7.28. The van der Waals surface area contributed by atoms with Crippen LogP contribution >= 0.6 is 0 Å². The van der Waals surface area contributed by atoms with Gasteiger partial charge in [0.15, 0.2) is 0 Å². The molecule has 2 heterocycles. The summed E-state index contributed by atoms with van der Waals surface area (Å²) in [5.74, 6) is -1.19. The molecular weight excluding hydrogens is 826 g/mol. The second-order valence-electron chi connectivity index (χ2n) is 13.8. The number of aromatic nitrogens is 1. The van der Waals surface area contributed by atoms with Gasteiger partial charge in [-0.15, -0.1) is 0 Å². The minimum atomic E-state index is -5.30. The van der Waals surface area contributed by atoms with Crippen LogP contribution < -0.4 is 11.1 Å². The van der Waals surface area contributed by atoms with Crippen molar-refractivity contribution >= 4 is 49.5 Å². The maximum absolute atomic E-state index is 14.4. The van der Waals surface area contributed by atoms with Gasteiger partial charge in [0, 0.05) is 32.5 Å². The molecule has 0 saturated carbocycles. The van der Waals surface area contributed by atoms with Gasteiger partial charge in [-0.05, 0) is 100 Å². The second-order valence-corrected chi connectivity index (χ2v) is 13.8. The van der Waals surface area contributed by atoms with Crippen molar-refractivity contribution in [2.75, 3.05) is 0 Å². The van der Waals surface area contributed by atoms with Gasteiger partial charge in [-0.3, -0.25) is 14.4 Å². The van der Waals surface area contributed by atoms with Crippen LogP contribution in [0, 0.1) is 0 Å². The number of hydrogen-bond donors (Lipinski definition) is 1. The smallest absolute Gasteiger partial charge is 0.416 e. The quantitative estimate of drug-likeness (QED) is 0.106. The highest BCUT2D eigenvalue weighted by molar-refractivity contribution is 6.29. The number of fused-ring (bicyclic) bond motifs is 2. The number of pyridine rings is 1. The van der Waals surface area contributed by atoms with E-state index in [1.165, 1.54) is 36.4 Å². The zero-order chi connectivity index (χ0) is 43.4. The van der Waals surface area contributed by atoms with Crippen LogP contribution in [-0.4, -0.2) is 15.6 Å². The summed E-state index contributed by atoms with van der Waals surface area (Å²) in [5, 5.41) is 8.16. The topological polar surface area (TPSA) is 89.5 Å². The van der Waals surface area contributed by atoms with E-state index in [0.717, 1.165) is 24.3 Å². The monoisotopic (exact) mass is 845 g/mol. The largest absolute Gasteiger partial charge is 0.481 e. The normalized spacial score (nSPS) is 13.0. The first-order valence-electron chi connectivity index (χ1n) is 17.2.